The summed E-state index contributed by atoms with van der Waals surface area (Å²) in [4.78, 5) is 0. The van der Waals surface area contributed by atoms with Crippen molar-refractivity contribution in [2.75, 3.05) is 0 Å². The van der Waals surface area contributed by atoms with Crippen LogP contribution in [0.5, 0.6) is 0 Å². The Hall–Kier alpha value is -0.860. The summed E-state index contributed by atoms with van der Waals surface area (Å²) >= 11 is 0. The third-order valence-corrected chi connectivity index (χ3v) is 8.15. The third-order valence-electron chi connectivity index (χ3n) is 8.15. The summed E-state index contributed by atoms with van der Waals surface area (Å²) in [5, 5.41) is 22.0. The van der Waals surface area contributed by atoms with Gasteiger partial charge in [-0.1, -0.05) is 39.8 Å². The average Bonchev–Trinajstić information content (AvgIpc) is 2.45. The van der Waals surface area contributed by atoms with E-state index in [2.05, 4.69) is 39.8 Å². The fourth-order valence-corrected chi connectivity index (χ4v) is 6.39. The molecule has 6 atom stereocenters. The Labute approximate surface area is 132 Å². The van der Waals surface area contributed by atoms with E-state index < -0.39 is 0 Å². The molecule has 4 bridgehead atoms. The number of aliphatic hydroxyl groups is 2. The molecule has 0 saturated heterocycles. The molecule has 2 heteroatoms. The van der Waals surface area contributed by atoms with E-state index in [4.69, 9.17) is 0 Å². The molecule has 22 heavy (non-hydrogen) atoms. The van der Waals surface area contributed by atoms with Crippen molar-refractivity contribution >= 4 is 0 Å². The summed E-state index contributed by atoms with van der Waals surface area (Å²) < 4.78 is 0. The Bertz CT molecular complexity index is 628. The Balaban J connectivity index is 1.74. The van der Waals surface area contributed by atoms with E-state index in [0.717, 1.165) is 24.0 Å². The van der Waals surface area contributed by atoms with E-state index in [1.807, 2.05) is 0 Å². The second-order valence-electron chi connectivity index (χ2n) is 9.39. The van der Waals surface area contributed by atoms with Crippen LogP contribution in [0.3, 0.4) is 0 Å². The number of hydrogen-bond acceptors (Lipinski definition) is 2. The van der Waals surface area contributed by atoms with Crippen LogP contribution in [0.1, 0.15) is 86.8 Å². The van der Waals surface area contributed by atoms with Gasteiger partial charge in [0.15, 0.2) is 0 Å². The van der Waals surface area contributed by atoms with Crippen molar-refractivity contribution in [3.05, 3.63) is 34.4 Å². The predicted molar refractivity (Wildman–Crippen MR) is 85.6 cm³/mol. The lowest BCUT2D eigenvalue weighted by Gasteiger charge is -2.63. The number of hydrogen-bond donors (Lipinski definition) is 2. The summed E-state index contributed by atoms with van der Waals surface area (Å²) in [6, 6.07) is 4.53. The maximum absolute atomic E-state index is 11.0. The van der Waals surface area contributed by atoms with Gasteiger partial charge in [0.05, 0.1) is 12.2 Å². The molecule has 0 amide bonds. The highest BCUT2D eigenvalue weighted by molar-refractivity contribution is 5.55. The molecule has 0 spiro atoms. The Morgan fingerprint density at radius 3 is 1.45 bits per heavy atom. The van der Waals surface area contributed by atoms with Crippen molar-refractivity contribution < 1.29 is 10.2 Å². The number of rotatable bonds is 0. The third kappa shape index (κ3) is 1.21. The molecule has 0 aliphatic heterocycles. The molecule has 2 fully saturated rings. The van der Waals surface area contributed by atoms with Gasteiger partial charge in [0.25, 0.3) is 0 Å². The SMILES string of the molecule is CC1(C)C2CC1[C@H](O)c1c2ccc2c1[C@@H](O)C1CC2C1(C)C. The van der Waals surface area contributed by atoms with E-state index in [1.165, 1.54) is 11.1 Å². The summed E-state index contributed by atoms with van der Waals surface area (Å²) in [6.07, 6.45) is 1.43. The van der Waals surface area contributed by atoms with Gasteiger partial charge in [-0.15, -0.1) is 0 Å². The Kier molecular flexibility index (Phi) is 2.23. The quantitative estimate of drug-likeness (QED) is 0.759. The molecule has 0 radical (unpaired) electrons. The zero-order chi connectivity index (χ0) is 15.6. The molecule has 0 heterocycles. The van der Waals surface area contributed by atoms with Crippen molar-refractivity contribution in [3.63, 3.8) is 0 Å². The number of aliphatic hydroxyl groups excluding tert-OH is 2. The Morgan fingerprint density at radius 1 is 0.773 bits per heavy atom. The van der Waals surface area contributed by atoms with E-state index in [0.29, 0.717) is 23.7 Å². The van der Waals surface area contributed by atoms with E-state index in [9.17, 15) is 10.2 Å². The topological polar surface area (TPSA) is 40.5 Å². The fraction of sp³-hybridized carbons (Fsp3) is 0.700. The van der Waals surface area contributed by atoms with Gasteiger partial charge in [0.2, 0.25) is 0 Å². The molecular formula is C20H26O2. The van der Waals surface area contributed by atoms with Gasteiger partial charge in [-0.3, -0.25) is 0 Å². The fourth-order valence-electron chi connectivity index (χ4n) is 6.39. The first-order valence-electron chi connectivity index (χ1n) is 8.79. The maximum Gasteiger partial charge on any atom is 0.0830 e. The molecule has 4 unspecified atom stereocenters. The smallest absolute Gasteiger partial charge is 0.0830 e. The van der Waals surface area contributed by atoms with Gasteiger partial charge in [0.1, 0.15) is 0 Å². The van der Waals surface area contributed by atoms with Gasteiger partial charge in [-0.25, -0.2) is 0 Å². The minimum absolute atomic E-state index is 0.197. The predicted octanol–water partition coefficient (Wildman–Crippen LogP) is 4.04. The Morgan fingerprint density at radius 2 is 1.14 bits per heavy atom. The summed E-state index contributed by atoms with van der Waals surface area (Å²) in [6.45, 7) is 9.14. The van der Waals surface area contributed by atoms with Crippen molar-refractivity contribution in [2.45, 2.75) is 64.6 Å². The van der Waals surface area contributed by atoms with Crippen molar-refractivity contribution in [1.82, 2.24) is 0 Å². The molecule has 2 N–H and O–H groups in total. The highest BCUT2D eigenvalue weighted by atomic mass is 16.3. The van der Waals surface area contributed by atoms with Crippen LogP contribution >= 0.6 is 0 Å². The molecule has 7 rings (SSSR count). The van der Waals surface area contributed by atoms with Gasteiger partial charge in [-0.05, 0) is 69.6 Å². The molecule has 118 valence electrons. The zero-order valence-corrected chi connectivity index (χ0v) is 13.9. The maximum atomic E-state index is 11.0. The van der Waals surface area contributed by atoms with Crippen LogP contribution in [0, 0.1) is 22.7 Å². The first kappa shape index (κ1) is 13.6. The van der Waals surface area contributed by atoms with Crippen molar-refractivity contribution in [3.8, 4) is 0 Å². The second-order valence-corrected chi connectivity index (χ2v) is 9.39. The van der Waals surface area contributed by atoms with Crippen LogP contribution in [0.4, 0.5) is 0 Å². The van der Waals surface area contributed by atoms with E-state index >= 15 is 0 Å². The standard InChI is InChI=1S/C20H26O2/c1-19(2)11-7-13(19)17(21)15-9(11)5-6-10-12-8-14(20(12,3)4)18(22)16(10)15/h5-6,11-14,17-18,21-22H,7-8H2,1-4H3/t11?,12?,13?,14?,17-,18-/m0/s1. The molecule has 0 aromatic heterocycles. The van der Waals surface area contributed by atoms with Crippen LogP contribution in [0.2, 0.25) is 0 Å². The molecular weight excluding hydrogens is 272 g/mol. The minimum atomic E-state index is -0.389. The summed E-state index contributed by atoms with van der Waals surface area (Å²) in [7, 11) is 0. The molecule has 6 aliphatic rings. The molecule has 6 aliphatic carbocycles. The van der Waals surface area contributed by atoms with Gasteiger partial charge >= 0.3 is 0 Å². The first-order valence-corrected chi connectivity index (χ1v) is 8.79. The van der Waals surface area contributed by atoms with Gasteiger partial charge in [0, 0.05) is 0 Å². The van der Waals surface area contributed by atoms with Crippen LogP contribution in [-0.2, 0) is 0 Å². The summed E-state index contributed by atoms with van der Waals surface area (Å²) in [5.74, 6) is 1.82. The molecule has 1 aromatic carbocycles. The lowest BCUT2D eigenvalue weighted by Crippen LogP contribution is -2.54. The highest BCUT2D eigenvalue weighted by Gasteiger charge is 2.61. The van der Waals surface area contributed by atoms with Crippen molar-refractivity contribution in [1.29, 1.82) is 0 Å². The number of benzene rings is 1. The molecule has 2 saturated carbocycles. The van der Waals surface area contributed by atoms with Crippen LogP contribution in [0.15, 0.2) is 12.1 Å². The van der Waals surface area contributed by atoms with Crippen LogP contribution in [0.25, 0.3) is 0 Å². The zero-order valence-electron chi connectivity index (χ0n) is 13.9. The van der Waals surface area contributed by atoms with Gasteiger partial charge < -0.3 is 10.2 Å². The lowest BCUT2D eigenvalue weighted by atomic mass is 9.42. The van der Waals surface area contributed by atoms with Crippen LogP contribution < -0.4 is 0 Å². The average molecular weight is 298 g/mol. The lowest BCUT2D eigenvalue weighted by molar-refractivity contribution is -0.0977. The minimum Gasteiger partial charge on any atom is -0.388 e. The second kappa shape index (κ2) is 3.62. The van der Waals surface area contributed by atoms with Crippen molar-refractivity contribution in [2.24, 2.45) is 22.7 Å². The van der Waals surface area contributed by atoms with E-state index in [-0.39, 0.29) is 23.0 Å². The monoisotopic (exact) mass is 298 g/mol. The van der Waals surface area contributed by atoms with E-state index in [1.54, 1.807) is 0 Å². The molecule has 1 aromatic rings. The largest absolute Gasteiger partial charge is 0.388 e. The first-order chi connectivity index (χ1) is 10.3. The summed E-state index contributed by atoms with van der Waals surface area (Å²) in [5.41, 5.74) is 5.24. The normalized spacial score (nSPS) is 45.2. The van der Waals surface area contributed by atoms with Crippen LogP contribution in [-0.4, -0.2) is 10.2 Å². The molecule has 2 nitrogen and oxygen atoms in total. The van der Waals surface area contributed by atoms with Gasteiger partial charge in [-0.2, -0.15) is 0 Å². The highest BCUT2D eigenvalue weighted by Crippen LogP contribution is 2.71.